The van der Waals surface area contributed by atoms with Crippen molar-refractivity contribution in [2.45, 2.75) is 6.92 Å². The Balaban J connectivity index is 2.20. The Labute approximate surface area is 106 Å². The van der Waals surface area contributed by atoms with E-state index in [1.54, 1.807) is 6.20 Å². The Morgan fingerprint density at radius 2 is 2.33 bits per heavy atom. The van der Waals surface area contributed by atoms with Gasteiger partial charge in [0.15, 0.2) is 0 Å². The van der Waals surface area contributed by atoms with Gasteiger partial charge >= 0.3 is 5.97 Å². The third-order valence-electron chi connectivity index (χ3n) is 2.95. The number of imidazole rings is 1. The van der Waals surface area contributed by atoms with E-state index in [0.717, 1.165) is 11.5 Å². The average Bonchev–Trinajstić information content (AvgIpc) is 2.85. The molecule has 0 aliphatic carbocycles. The van der Waals surface area contributed by atoms with E-state index in [0.29, 0.717) is 6.54 Å². The maximum Gasteiger partial charge on any atom is 0.310 e. The van der Waals surface area contributed by atoms with Gasteiger partial charge in [-0.05, 0) is 12.1 Å². The summed E-state index contributed by atoms with van der Waals surface area (Å²) in [6, 6.07) is 5.90. The van der Waals surface area contributed by atoms with Crippen molar-refractivity contribution in [1.29, 1.82) is 0 Å². The van der Waals surface area contributed by atoms with Gasteiger partial charge in [0.1, 0.15) is 11.5 Å². The first-order chi connectivity index (χ1) is 8.63. The predicted octanol–water partition coefficient (Wildman–Crippen LogP) is 1.58. The van der Waals surface area contributed by atoms with Crippen molar-refractivity contribution in [3.8, 4) is 0 Å². The van der Waals surface area contributed by atoms with Gasteiger partial charge in [0.25, 0.3) is 0 Å². The molecule has 0 fully saturated rings. The number of hydrogen-bond donors (Lipinski definition) is 0. The summed E-state index contributed by atoms with van der Waals surface area (Å²) in [5, 5.41) is 0. The minimum absolute atomic E-state index is 0.168. The van der Waals surface area contributed by atoms with Crippen molar-refractivity contribution in [1.82, 2.24) is 9.38 Å². The average molecular weight is 247 g/mol. The lowest BCUT2D eigenvalue weighted by Gasteiger charge is -2.23. The van der Waals surface area contributed by atoms with E-state index in [-0.39, 0.29) is 11.9 Å². The van der Waals surface area contributed by atoms with Crippen molar-refractivity contribution in [3.63, 3.8) is 0 Å². The summed E-state index contributed by atoms with van der Waals surface area (Å²) in [6.45, 7) is 2.46. The van der Waals surface area contributed by atoms with Crippen LogP contribution >= 0.6 is 0 Å². The Kier molecular flexibility index (Phi) is 3.50. The minimum Gasteiger partial charge on any atom is -0.469 e. The molecule has 0 saturated heterocycles. The number of anilines is 1. The van der Waals surface area contributed by atoms with E-state index >= 15 is 0 Å². The molecule has 2 aromatic rings. The van der Waals surface area contributed by atoms with E-state index in [4.69, 9.17) is 4.74 Å². The fourth-order valence-corrected chi connectivity index (χ4v) is 2.02. The van der Waals surface area contributed by atoms with Crippen molar-refractivity contribution >= 4 is 17.4 Å². The van der Waals surface area contributed by atoms with Crippen LogP contribution in [0.25, 0.3) is 5.65 Å². The van der Waals surface area contributed by atoms with E-state index < -0.39 is 0 Å². The van der Waals surface area contributed by atoms with Crippen LogP contribution in [0.15, 0.2) is 30.6 Å². The number of carbonyl (C=O) groups excluding carboxylic acids is 1. The number of carbonyl (C=O) groups is 1. The zero-order chi connectivity index (χ0) is 13.1. The molecule has 5 nitrogen and oxygen atoms in total. The number of esters is 1. The molecule has 18 heavy (non-hydrogen) atoms. The standard InChI is InChI=1S/C13H17N3O2/c1-10(13(17)18-3)9-15(2)12-6-4-5-11-14-7-8-16(11)12/h4-8,10H,9H2,1-3H3. The van der Waals surface area contributed by atoms with Crippen LogP contribution in [0.3, 0.4) is 0 Å². The van der Waals surface area contributed by atoms with Crippen molar-refractivity contribution in [3.05, 3.63) is 30.6 Å². The van der Waals surface area contributed by atoms with Gasteiger partial charge in [-0.15, -0.1) is 0 Å². The molecule has 1 atom stereocenters. The van der Waals surface area contributed by atoms with Crippen molar-refractivity contribution in [2.75, 3.05) is 25.6 Å². The molecule has 96 valence electrons. The maximum absolute atomic E-state index is 11.4. The molecular weight excluding hydrogens is 230 g/mol. The summed E-state index contributed by atoms with van der Waals surface area (Å²) < 4.78 is 6.73. The largest absolute Gasteiger partial charge is 0.469 e. The first kappa shape index (κ1) is 12.4. The molecule has 1 unspecified atom stereocenters. The number of nitrogens with zero attached hydrogens (tertiary/aromatic N) is 3. The summed E-state index contributed by atoms with van der Waals surface area (Å²) in [5.74, 6) is 0.638. The van der Waals surface area contributed by atoms with Gasteiger partial charge in [0.2, 0.25) is 0 Å². The summed E-state index contributed by atoms with van der Waals surface area (Å²) in [5.41, 5.74) is 0.894. The van der Waals surface area contributed by atoms with E-state index in [9.17, 15) is 4.79 Å². The molecular formula is C13H17N3O2. The fourth-order valence-electron chi connectivity index (χ4n) is 2.02. The van der Waals surface area contributed by atoms with Crippen LogP contribution in [-0.2, 0) is 9.53 Å². The molecule has 0 aliphatic heterocycles. The molecule has 2 aromatic heterocycles. The fraction of sp³-hybridized carbons (Fsp3) is 0.385. The zero-order valence-corrected chi connectivity index (χ0v) is 10.8. The van der Waals surface area contributed by atoms with Crippen LogP contribution in [0.4, 0.5) is 5.82 Å². The first-order valence-corrected chi connectivity index (χ1v) is 5.84. The number of methoxy groups -OCH3 is 1. The second-order valence-corrected chi connectivity index (χ2v) is 4.34. The van der Waals surface area contributed by atoms with Crippen molar-refractivity contribution < 1.29 is 9.53 Å². The number of rotatable bonds is 4. The molecule has 0 amide bonds. The topological polar surface area (TPSA) is 46.8 Å². The molecule has 0 bridgehead atoms. The first-order valence-electron chi connectivity index (χ1n) is 5.84. The van der Waals surface area contributed by atoms with Gasteiger partial charge in [0.05, 0.1) is 13.0 Å². The highest BCUT2D eigenvalue weighted by atomic mass is 16.5. The highest BCUT2D eigenvalue weighted by Crippen LogP contribution is 2.16. The minimum atomic E-state index is -0.195. The summed E-state index contributed by atoms with van der Waals surface area (Å²) in [6.07, 6.45) is 3.67. The second kappa shape index (κ2) is 5.08. The van der Waals surface area contributed by atoms with Crippen LogP contribution in [-0.4, -0.2) is 36.1 Å². The highest BCUT2D eigenvalue weighted by Gasteiger charge is 2.16. The Hall–Kier alpha value is -2.04. The van der Waals surface area contributed by atoms with Gasteiger partial charge in [0, 0.05) is 26.0 Å². The Morgan fingerprint density at radius 3 is 3.06 bits per heavy atom. The molecule has 0 saturated carbocycles. The second-order valence-electron chi connectivity index (χ2n) is 4.34. The SMILES string of the molecule is COC(=O)C(C)CN(C)c1cccc2nccn12. The number of fused-ring (bicyclic) bond motifs is 1. The molecule has 0 aliphatic rings. The number of ether oxygens (including phenoxy) is 1. The van der Waals surface area contributed by atoms with Crippen LogP contribution in [0.1, 0.15) is 6.92 Å². The third kappa shape index (κ3) is 2.30. The van der Waals surface area contributed by atoms with E-state index in [1.165, 1.54) is 7.11 Å². The molecule has 5 heteroatoms. The van der Waals surface area contributed by atoms with E-state index in [1.807, 2.05) is 47.7 Å². The van der Waals surface area contributed by atoms with Crippen LogP contribution in [0.2, 0.25) is 0 Å². The maximum atomic E-state index is 11.4. The quantitative estimate of drug-likeness (QED) is 0.770. The van der Waals surface area contributed by atoms with E-state index in [2.05, 4.69) is 4.98 Å². The normalized spacial score (nSPS) is 12.4. The Bertz CT molecular complexity index is 550. The van der Waals surface area contributed by atoms with Gasteiger partial charge in [-0.1, -0.05) is 13.0 Å². The van der Waals surface area contributed by atoms with Gasteiger partial charge < -0.3 is 9.64 Å². The molecule has 0 spiro atoms. The third-order valence-corrected chi connectivity index (χ3v) is 2.95. The van der Waals surface area contributed by atoms with Crippen LogP contribution in [0, 0.1) is 5.92 Å². The molecule has 2 heterocycles. The Morgan fingerprint density at radius 1 is 1.56 bits per heavy atom. The van der Waals surface area contributed by atoms with Crippen LogP contribution in [0.5, 0.6) is 0 Å². The highest BCUT2D eigenvalue weighted by molar-refractivity contribution is 5.72. The van der Waals surface area contributed by atoms with Crippen molar-refractivity contribution in [2.24, 2.45) is 5.92 Å². The summed E-state index contributed by atoms with van der Waals surface area (Å²) in [7, 11) is 3.36. The molecule has 0 radical (unpaired) electrons. The summed E-state index contributed by atoms with van der Waals surface area (Å²) in [4.78, 5) is 17.7. The van der Waals surface area contributed by atoms with Crippen LogP contribution < -0.4 is 4.90 Å². The number of aromatic nitrogens is 2. The van der Waals surface area contributed by atoms with Gasteiger partial charge in [-0.25, -0.2) is 4.98 Å². The lowest BCUT2D eigenvalue weighted by atomic mass is 10.2. The summed E-state index contributed by atoms with van der Waals surface area (Å²) >= 11 is 0. The molecule has 2 rings (SSSR count). The smallest absolute Gasteiger partial charge is 0.310 e. The lowest BCUT2D eigenvalue weighted by molar-refractivity contribution is -0.144. The number of pyridine rings is 1. The number of hydrogen-bond acceptors (Lipinski definition) is 4. The van der Waals surface area contributed by atoms with Gasteiger partial charge in [-0.2, -0.15) is 0 Å². The zero-order valence-electron chi connectivity index (χ0n) is 10.8. The lowest BCUT2D eigenvalue weighted by Crippen LogP contribution is -2.30. The molecule has 0 aromatic carbocycles. The monoisotopic (exact) mass is 247 g/mol. The predicted molar refractivity (Wildman–Crippen MR) is 69.6 cm³/mol. The molecule has 0 N–H and O–H groups in total. The van der Waals surface area contributed by atoms with Gasteiger partial charge in [-0.3, -0.25) is 9.20 Å².